The minimum Gasteiger partial charge on any atom is -0.350 e. The average Bonchev–Trinajstić information content (AvgIpc) is 2.95. The first-order chi connectivity index (χ1) is 11.4. The predicted molar refractivity (Wildman–Crippen MR) is 77.2 cm³/mol. The van der Waals surface area contributed by atoms with Crippen LogP contribution in [0.5, 0.6) is 0 Å². The Balaban J connectivity index is 2.59. The molecule has 0 saturated carbocycles. The summed E-state index contributed by atoms with van der Waals surface area (Å²) in [6.45, 7) is 1.69. The molecule has 10 heteroatoms. The zero-order chi connectivity index (χ0) is 19.0. The first-order valence-corrected chi connectivity index (χ1v) is 7.49. The molecule has 2 amide bonds. The maximum Gasteiger partial charge on any atom is 0.455 e. The van der Waals surface area contributed by atoms with Crippen molar-refractivity contribution in [2.24, 2.45) is 0 Å². The molecule has 0 bridgehead atoms. The highest BCUT2D eigenvalue weighted by atomic mass is 19.4. The third-order valence-corrected chi connectivity index (χ3v) is 3.99. The molecule has 0 fully saturated rings. The second-order valence-electron chi connectivity index (χ2n) is 5.66. The van der Waals surface area contributed by atoms with Gasteiger partial charge in [-0.2, -0.15) is 26.3 Å². The van der Waals surface area contributed by atoms with E-state index in [4.69, 9.17) is 5.11 Å². The Morgan fingerprint density at radius 1 is 1.16 bits per heavy atom. The lowest BCUT2D eigenvalue weighted by Gasteiger charge is -2.32. The number of rotatable bonds is 4. The molecule has 140 valence electrons. The van der Waals surface area contributed by atoms with Gasteiger partial charge in [-0.05, 0) is 37.3 Å². The highest BCUT2D eigenvalue weighted by Crippen LogP contribution is 2.52. The third-order valence-electron chi connectivity index (χ3n) is 3.99. The number of nitrogens with one attached hydrogen (secondary N) is 2. The van der Waals surface area contributed by atoms with E-state index in [1.54, 1.807) is 6.92 Å². The number of amides is 2. The van der Waals surface area contributed by atoms with Crippen molar-refractivity contribution in [1.82, 2.24) is 5.32 Å². The number of anilines is 1. The summed E-state index contributed by atoms with van der Waals surface area (Å²) >= 11 is 0. The maximum absolute atomic E-state index is 14.3. The van der Waals surface area contributed by atoms with Crippen LogP contribution in [0.1, 0.15) is 30.0 Å². The number of aliphatic hydroxyl groups is 1. The number of carbonyl (C=O) groups is 1. The number of halogens is 6. The summed E-state index contributed by atoms with van der Waals surface area (Å²) in [6.07, 6.45) is -4.95. The molecule has 0 saturated heterocycles. The van der Waals surface area contributed by atoms with Crippen LogP contribution in [0.4, 0.5) is 36.8 Å². The smallest absolute Gasteiger partial charge is 0.350 e. The van der Waals surface area contributed by atoms with Crippen LogP contribution >= 0.6 is 0 Å². The van der Waals surface area contributed by atoms with Crippen molar-refractivity contribution < 1.29 is 36.2 Å². The van der Waals surface area contributed by atoms with E-state index in [0.717, 1.165) is 6.07 Å². The van der Waals surface area contributed by atoms with E-state index in [0.29, 0.717) is 24.5 Å². The first kappa shape index (κ1) is 19.4. The van der Waals surface area contributed by atoms with Crippen LogP contribution in [0.15, 0.2) is 12.1 Å². The van der Waals surface area contributed by atoms with E-state index in [1.807, 2.05) is 0 Å². The molecule has 0 heterocycles. The fourth-order valence-electron chi connectivity index (χ4n) is 2.75. The highest BCUT2D eigenvalue weighted by Gasteiger charge is 2.72. The molecule has 1 aromatic rings. The van der Waals surface area contributed by atoms with Gasteiger partial charge in [0.1, 0.15) is 0 Å². The Morgan fingerprint density at radius 2 is 1.80 bits per heavy atom. The zero-order valence-corrected chi connectivity index (χ0v) is 13.1. The van der Waals surface area contributed by atoms with Crippen LogP contribution < -0.4 is 10.6 Å². The van der Waals surface area contributed by atoms with E-state index >= 15 is 0 Å². The summed E-state index contributed by atoms with van der Waals surface area (Å²) in [7, 11) is 0. The van der Waals surface area contributed by atoms with E-state index < -0.39 is 35.2 Å². The van der Waals surface area contributed by atoms with Gasteiger partial charge in [-0.25, -0.2) is 4.79 Å². The minimum atomic E-state index is -6.22. The van der Waals surface area contributed by atoms with Gasteiger partial charge < -0.3 is 15.7 Å². The number of hydrogen-bond donors (Lipinski definition) is 3. The number of aryl methyl sites for hydroxylation is 1. The number of carbonyl (C=O) groups excluding carboxylic acids is 1. The summed E-state index contributed by atoms with van der Waals surface area (Å²) < 4.78 is 80.0. The summed E-state index contributed by atoms with van der Waals surface area (Å²) in [4.78, 5) is 11.7. The fourth-order valence-corrected chi connectivity index (χ4v) is 2.75. The van der Waals surface area contributed by atoms with Crippen molar-refractivity contribution in [3.63, 3.8) is 0 Å². The van der Waals surface area contributed by atoms with Gasteiger partial charge in [0.2, 0.25) is 0 Å². The molecule has 0 radical (unpaired) electrons. The van der Waals surface area contributed by atoms with Gasteiger partial charge in [-0.3, -0.25) is 0 Å². The van der Waals surface area contributed by atoms with Crippen molar-refractivity contribution >= 4 is 11.7 Å². The van der Waals surface area contributed by atoms with E-state index in [-0.39, 0.29) is 18.5 Å². The summed E-state index contributed by atoms with van der Waals surface area (Å²) in [5.41, 5.74) is -1.25. The maximum atomic E-state index is 14.3. The lowest BCUT2D eigenvalue weighted by molar-refractivity contribution is -0.390. The number of benzene rings is 1. The van der Waals surface area contributed by atoms with Gasteiger partial charge in [0.05, 0.1) is 11.3 Å². The molecule has 1 atom stereocenters. The van der Waals surface area contributed by atoms with Gasteiger partial charge in [0, 0.05) is 6.54 Å². The Hall–Kier alpha value is -1.97. The van der Waals surface area contributed by atoms with Crippen molar-refractivity contribution in [1.29, 1.82) is 0 Å². The number of fused-ring (bicyclic) bond motifs is 1. The summed E-state index contributed by atoms with van der Waals surface area (Å²) in [5.74, 6) is -11.1. The number of hydrogen-bond acceptors (Lipinski definition) is 2. The Labute approximate surface area is 139 Å². The molecular formula is C15H16F6N2O2. The monoisotopic (exact) mass is 370 g/mol. The molecule has 0 aromatic heterocycles. The van der Waals surface area contributed by atoms with Crippen LogP contribution in [-0.4, -0.2) is 29.7 Å². The van der Waals surface area contributed by atoms with Gasteiger partial charge in [0.25, 0.3) is 0 Å². The minimum absolute atomic E-state index is 0.141. The molecular weight excluding hydrogens is 354 g/mol. The lowest BCUT2D eigenvalue weighted by atomic mass is 9.94. The van der Waals surface area contributed by atoms with Crippen molar-refractivity contribution in [2.45, 2.75) is 44.1 Å². The number of urea groups is 1. The average molecular weight is 370 g/mol. The molecule has 25 heavy (non-hydrogen) atoms. The molecule has 1 aliphatic carbocycles. The van der Waals surface area contributed by atoms with E-state index in [2.05, 4.69) is 10.6 Å². The normalized spacial score (nSPS) is 17.0. The largest absolute Gasteiger partial charge is 0.455 e. The van der Waals surface area contributed by atoms with Crippen LogP contribution in [-0.2, 0) is 18.8 Å². The van der Waals surface area contributed by atoms with Crippen molar-refractivity contribution in [3.05, 3.63) is 28.8 Å². The van der Waals surface area contributed by atoms with Crippen molar-refractivity contribution in [2.75, 3.05) is 11.9 Å². The molecule has 1 aromatic carbocycles. The van der Waals surface area contributed by atoms with Crippen LogP contribution in [0.2, 0.25) is 0 Å². The van der Waals surface area contributed by atoms with Crippen LogP contribution in [0.25, 0.3) is 0 Å². The van der Waals surface area contributed by atoms with Crippen molar-refractivity contribution in [3.8, 4) is 0 Å². The topological polar surface area (TPSA) is 61.4 Å². The molecule has 1 unspecified atom stereocenters. The molecule has 1 aliphatic rings. The molecule has 0 aliphatic heterocycles. The quantitative estimate of drug-likeness (QED) is 0.709. The fraction of sp³-hybridized carbons (Fsp3) is 0.533. The Kier molecular flexibility index (Phi) is 4.95. The van der Waals surface area contributed by atoms with Gasteiger partial charge >= 0.3 is 24.0 Å². The Morgan fingerprint density at radius 3 is 2.36 bits per heavy atom. The summed E-state index contributed by atoms with van der Waals surface area (Å²) in [5, 5.41) is 13.2. The van der Waals surface area contributed by atoms with E-state index in [9.17, 15) is 31.1 Å². The van der Waals surface area contributed by atoms with Gasteiger partial charge in [-0.1, -0.05) is 12.1 Å². The zero-order valence-electron chi connectivity index (χ0n) is 13.1. The Bertz CT molecular complexity index is 673. The van der Waals surface area contributed by atoms with Crippen LogP contribution in [0.3, 0.4) is 0 Å². The number of alkyl halides is 6. The summed E-state index contributed by atoms with van der Waals surface area (Å²) in [6, 6.07) is 0.831. The molecule has 0 spiro atoms. The lowest BCUT2D eigenvalue weighted by Crippen LogP contribution is -2.53. The second kappa shape index (κ2) is 6.40. The molecule has 4 nitrogen and oxygen atoms in total. The predicted octanol–water partition coefficient (Wildman–Crippen LogP) is 3.63. The SMILES string of the molecule is CCNC(=O)Nc1c(C(F)(F)C(O)(F)C(F)(F)F)ccc2c1CCC2. The highest BCUT2D eigenvalue weighted by molar-refractivity contribution is 5.91. The molecule has 3 N–H and O–H groups in total. The van der Waals surface area contributed by atoms with Gasteiger partial charge in [0.15, 0.2) is 0 Å². The standard InChI is InChI=1S/C15H16F6N2O2/c1-2-22-12(24)23-11-9-5-3-4-8(9)6-7-10(11)13(16,17)14(18,25)15(19,20)21/h6-7,25H,2-5H2,1H3,(H2,22,23,24). The third kappa shape index (κ3) is 3.26. The second-order valence-corrected chi connectivity index (χ2v) is 5.66. The molecule has 2 rings (SSSR count). The van der Waals surface area contributed by atoms with Gasteiger partial charge in [-0.15, -0.1) is 0 Å². The van der Waals surface area contributed by atoms with E-state index in [1.165, 1.54) is 0 Å². The van der Waals surface area contributed by atoms with Crippen LogP contribution in [0, 0.1) is 0 Å². The first-order valence-electron chi connectivity index (χ1n) is 7.49.